The van der Waals surface area contributed by atoms with Crippen LogP contribution in [-0.4, -0.2) is 34.3 Å². The van der Waals surface area contributed by atoms with Crippen LogP contribution in [0.15, 0.2) is 36.7 Å². The molecule has 6 heteroatoms. The number of hydrogen-bond acceptors (Lipinski definition) is 5. The van der Waals surface area contributed by atoms with Crippen molar-refractivity contribution in [2.24, 2.45) is 0 Å². The summed E-state index contributed by atoms with van der Waals surface area (Å²) in [5.41, 5.74) is 0.953. The molecule has 0 aliphatic carbocycles. The van der Waals surface area contributed by atoms with E-state index < -0.39 is 6.10 Å². The molecule has 1 fully saturated rings. The van der Waals surface area contributed by atoms with Gasteiger partial charge in [-0.3, -0.25) is 0 Å². The fraction of sp³-hybridized carbons (Fsp3) is 0.375. The maximum absolute atomic E-state index is 13.1. The van der Waals surface area contributed by atoms with Crippen molar-refractivity contribution >= 4 is 5.82 Å². The first-order chi connectivity index (χ1) is 10.7. The summed E-state index contributed by atoms with van der Waals surface area (Å²) in [6.45, 7) is 2.90. The standard InChI is InChI=1S/C16H18FN3O2/c1-2-22-16-8-15(18-10-19-16)20-9-13(21)7-14(20)11-3-5-12(17)6-4-11/h3-6,8,10,13-14,21H,2,7,9H2,1H3/t13-,14-/m0/s1. The number of aromatic nitrogens is 2. The third-order valence-corrected chi connectivity index (χ3v) is 3.75. The van der Waals surface area contributed by atoms with Crippen molar-refractivity contribution in [3.8, 4) is 5.88 Å². The van der Waals surface area contributed by atoms with Crippen LogP contribution >= 0.6 is 0 Å². The molecule has 1 saturated heterocycles. The first-order valence-electron chi connectivity index (χ1n) is 7.32. The van der Waals surface area contributed by atoms with Gasteiger partial charge in [-0.15, -0.1) is 0 Å². The van der Waals surface area contributed by atoms with Gasteiger partial charge in [0.15, 0.2) is 0 Å². The van der Waals surface area contributed by atoms with Crippen LogP contribution in [0, 0.1) is 5.82 Å². The van der Waals surface area contributed by atoms with Gasteiger partial charge in [0.25, 0.3) is 0 Å². The van der Waals surface area contributed by atoms with E-state index in [1.54, 1.807) is 18.2 Å². The highest BCUT2D eigenvalue weighted by atomic mass is 19.1. The van der Waals surface area contributed by atoms with Crippen molar-refractivity contribution in [2.75, 3.05) is 18.1 Å². The fourth-order valence-electron chi connectivity index (χ4n) is 2.78. The van der Waals surface area contributed by atoms with Crippen LogP contribution in [0.5, 0.6) is 5.88 Å². The average molecular weight is 303 g/mol. The molecule has 2 atom stereocenters. The van der Waals surface area contributed by atoms with Gasteiger partial charge in [-0.2, -0.15) is 0 Å². The Morgan fingerprint density at radius 1 is 1.32 bits per heavy atom. The number of aliphatic hydroxyl groups is 1. The molecule has 0 radical (unpaired) electrons. The number of rotatable bonds is 4. The number of halogens is 1. The minimum atomic E-state index is -0.444. The Balaban J connectivity index is 1.90. The Hall–Kier alpha value is -2.21. The molecule has 0 bridgehead atoms. The average Bonchev–Trinajstić information content (AvgIpc) is 2.91. The first-order valence-corrected chi connectivity index (χ1v) is 7.32. The lowest BCUT2D eigenvalue weighted by atomic mass is 10.0. The van der Waals surface area contributed by atoms with Crippen molar-refractivity contribution in [2.45, 2.75) is 25.5 Å². The quantitative estimate of drug-likeness (QED) is 0.939. The van der Waals surface area contributed by atoms with Gasteiger partial charge in [0.2, 0.25) is 5.88 Å². The molecule has 0 unspecified atom stereocenters. The van der Waals surface area contributed by atoms with Crippen LogP contribution in [0.3, 0.4) is 0 Å². The zero-order valence-electron chi connectivity index (χ0n) is 12.3. The molecule has 0 spiro atoms. The number of benzene rings is 1. The van der Waals surface area contributed by atoms with Gasteiger partial charge in [-0.05, 0) is 31.0 Å². The van der Waals surface area contributed by atoms with Crippen molar-refractivity contribution < 1.29 is 14.2 Å². The Bertz CT molecular complexity index is 636. The summed E-state index contributed by atoms with van der Waals surface area (Å²) < 4.78 is 18.5. The third kappa shape index (κ3) is 3.01. The molecule has 5 nitrogen and oxygen atoms in total. The molecule has 0 amide bonds. The van der Waals surface area contributed by atoms with E-state index >= 15 is 0 Å². The van der Waals surface area contributed by atoms with E-state index in [1.807, 2.05) is 11.8 Å². The third-order valence-electron chi connectivity index (χ3n) is 3.75. The fourth-order valence-corrected chi connectivity index (χ4v) is 2.78. The van der Waals surface area contributed by atoms with Crippen molar-refractivity contribution in [3.05, 3.63) is 48.0 Å². The Labute approximate surface area is 128 Å². The second-order valence-electron chi connectivity index (χ2n) is 5.26. The molecule has 2 aromatic rings. The molecule has 22 heavy (non-hydrogen) atoms. The summed E-state index contributed by atoms with van der Waals surface area (Å²) in [4.78, 5) is 10.3. The van der Waals surface area contributed by atoms with E-state index in [0.29, 0.717) is 31.3 Å². The second kappa shape index (κ2) is 6.27. The minimum Gasteiger partial charge on any atom is -0.478 e. The Kier molecular flexibility index (Phi) is 4.20. The molecule has 1 aliphatic heterocycles. The molecule has 2 heterocycles. The van der Waals surface area contributed by atoms with E-state index in [9.17, 15) is 9.50 Å². The highest BCUT2D eigenvalue weighted by Crippen LogP contribution is 2.36. The van der Waals surface area contributed by atoms with Gasteiger partial charge in [0.05, 0.1) is 18.8 Å². The van der Waals surface area contributed by atoms with Gasteiger partial charge in [-0.1, -0.05) is 12.1 Å². The minimum absolute atomic E-state index is 0.0417. The molecule has 116 valence electrons. The maximum Gasteiger partial charge on any atom is 0.218 e. The smallest absolute Gasteiger partial charge is 0.218 e. The van der Waals surface area contributed by atoms with Crippen molar-refractivity contribution in [1.29, 1.82) is 0 Å². The SMILES string of the molecule is CCOc1cc(N2C[C@@H](O)C[C@H]2c2ccc(F)cc2)ncn1. The van der Waals surface area contributed by atoms with E-state index in [2.05, 4.69) is 9.97 Å². The molecule has 1 N–H and O–H groups in total. The number of anilines is 1. The molecular weight excluding hydrogens is 285 g/mol. The summed E-state index contributed by atoms with van der Waals surface area (Å²) in [5, 5.41) is 10.0. The molecular formula is C16H18FN3O2. The van der Waals surface area contributed by atoms with Gasteiger partial charge in [-0.25, -0.2) is 14.4 Å². The Morgan fingerprint density at radius 2 is 2.09 bits per heavy atom. The summed E-state index contributed by atoms with van der Waals surface area (Å²) in [5.74, 6) is 0.936. The Morgan fingerprint density at radius 3 is 2.82 bits per heavy atom. The zero-order valence-corrected chi connectivity index (χ0v) is 12.3. The lowest BCUT2D eigenvalue weighted by Gasteiger charge is -2.25. The van der Waals surface area contributed by atoms with Crippen LogP contribution in [0.25, 0.3) is 0 Å². The van der Waals surface area contributed by atoms with E-state index in [1.165, 1.54) is 18.5 Å². The highest BCUT2D eigenvalue weighted by Gasteiger charge is 2.33. The number of β-amino-alcohol motifs (C(OH)–C–C–N with tert-alkyl or cyclic N) is 1. The van der Waals surface area contributed by atoms with Crippen LogP contribution < -0.4 is 9.64 Å². The molecule has 0 saturated carbocycles. The van der Waals surface area contributed by atoms with E-state index in [-0.39, 0.29) is 11.9 Å². The number of hydrogen-bond donors (Lipinski definition) is 1. The van der Waals surface area contributed by atoms with Gasteiger partial charge in [0, 0.05) is 12.6 Å². The molecule has 1 aromatic carbocycles. The monoisotopic (exact) mass is 303 g/mol. The predicted octanol–water partition coefficient (Wildman–Crippen LogP) is 2.33. The summed E-state index contributed by atoms with van der Waals surface area (Å²) >= 11 is 0. The summed E-state index contributed by atoms with van der Waals surface area (Å²) in [6.07, 6.45) is 1.59. The van der Waals surface area contributed by atoms with Crippen LogP contribution in [0.2, 0.25) is 0 Å². The predicted molar refractivity (Wildman–Crippen MR) is 80.3 cm³/mol. The van der Waals surface area contributed by atoms with E-state index in [4.69, 9.17) is 4.74 Å². The number of nitrogens with zero attached hydrogens (tertiary/aromatic N) is 3. The van der Waals surface area contributed by atoms with Crippen LogP contribution in [0.4, 0.5) is 10.2 Å². The number of aliphatic hydroxyl groups excluding tert-OH is 1. The molecule has 3 rings (SSSR count). The largest absolute Gasteiger partial charge is 0.478 e. The first kappa shape index (κ1) is 14.7. The van der Waals surface area contributed by atoms with Crippen LogP contribution in [-0.2, 0) is 0 Å². The van der Waals surface area contributed by atoms with Gasteiger partial charge < -0.3 is 14.7 Å². The maximum atomic E-state index is 13.1. The lowest BCUT2D eigenvalue weighted by Crippen LogP contribution is -2.25. The highest BCUT2D eigenvalue weighted by molar-refractivity contribution is 5.46. The number of ether oxygens (including phenoxy) is 1. The zero-order chi connectivity index (χ0) is 15.5. The lowest BCUT2D eigenvalue weighted by molar-refractivity contribution is 0.194. The summed E-state index contributed by atoms with van der Waals surface area (Å²) in [7, 11) is 0. The van der Waals surface area contributed by atoms with Crippen LogP contribution in [0.1, 0.15) is 24.9 Å². The van der Waals surface area contributed by atoms with Gasteiger partial charge in [0.1, 0.15) is 18.0 Å². The summed E-state index contributed by atoms with van der Waals surface area (Å²) in [6, 6.07) is 8.08. The molecule has 1 aliphatic rings. The van der Waals surface area contributed by atoms with Crippen molar-refractivity contribution in [1.82, 2.24) is 9.97 Å². The topological polar surface area (TPSA) is 58.5 Å². The van der Waals surface area contributed by atoms with Crippen molar-refractivity contribution in [3.63, 3.8) is 0 Å². The van der Waals surface area contributed by atoms with Gasteiger partial charge >= 0.3 is 0 Å². The van der Waals surface area contributed by atoms with E-state index in [0.717, 1.165) is 5.56 Å². The normalized spacial score (nSPS) is 21.1. The second-order valence-corrected chi connectivity index (χ2v) is 5.26. The molecule has 1 aromatic heterocycles.